The van der Waals surface area contributed by atoms with E-state index in [-0.39, 0.29) is 28.7 Å². The fourth-order valence-electron chi connectivity index (χ4n) is 2.73. The minimum atomic E-state index is -0.624. The zero-order valence-electron chi connectivity index (χ0n) is 18.1. The number of amides is 1. The highest BCUT2D eigenvalue weighted by Crippen LogP contribution is 2.34. The molecule has 0 fully saturated rings. The molecule has 0 aliphatic rings. The first-order valence-corrected chi connectivity index (χ1v) is 10.4. The Balaban J connectivity index is 2.33. The van der Waals surface area contributed by atoms with Crippen molar-refractivity contribution in [2.24, 2.45) is 0 Å². The molecule has 0 spiro atoms. The first-order chi connectivity index (χ1) is 14.9. The van der Waals surface area contributed by atoms with E-state index >= 15 is 0 Å². The number of carbonyl (C=O) groups is 3. The number of hydrogen-bond acceptors (Lipinski definition) is 8. The van der Waals surface area contributed by atoms with Crippen molar-refractivity contribution in [1.82, 2.24) is 0 Å². The Morgan fingerprint density at radius 1 is 1.03 bits per heavy atom. The van der Waals surface area contributed by atoms with Gasteiger partial charge in [-0.1, -0.05) is 0 Å². The van der Waals surface area contributed by atoms with Crippen molar-refractivity contribution in [2.45, 2.75) is 20.8 Å². The van der Waals surface area contributed by atoms with Crippen molar-refractivity contribution in [3.8, 4) is 11.5 Å². The Labute approximate surface area is 184 Å². The van der Waals surface area contributed by atoms with Crippen LogP contribution in [0.25, 0.3) is 6.08 Å². The van der Waals surface area contributed by atoms with Gasteiger partial charge < -0.3 is 24.3 Å². The molecule has 31 heavy (non-hydrogen) atoms. The maximum absolute atomic E-state index is 12.6. The number of benzene rings is 1. The van der Waals surface area contributed by atoms with Gasteiger partial charge in [0.2, 0.25) is 5.91 Å². The second kappa shape index (κ2) is 11.2. The van der Waals surface area contributed by atoms with Crippen LogP contribution in [0.15, 0.2) is 24.3 Å². The van der Waals surface area contributed by atoms with Crippen LogP contribution in [0.3, 0.4) is 0 Å². The number of ether oxygens (including phenoxy) is 4. The topological polar surface area (TPSA) is 100 Å². The zero-order valence-corrected chi connectivity index (χ0v) is 18.9. The van der Waals surface area contributed by atoms with Crippen molar-refractivity contribution < 1.29 is 33.3 Å². The maximum atomic E-state index is 12.6. The van der Waals surface area contributed by atoms with E-state index < -0.39 is 17.8 Å². The molecule has 1 N–H and O–H groups in total. The lowest BCUT2D eigenvalue weighted by atomic mass is 10.1. The van der Waals surface area contributed by atoms with Gasteiger partial charge in [0.1, 0.15) is 21.4 Å². The van der Waals surface area contributed by atoms with Gasteiger partial charge in [-0.05, 0) is 50.6 Å². The van der Waals surface area contributed by atoms with Crippen molar-refractivity contribution in [3.05, 3.63) is 45.8 Å². The summed E-state index contributed by atoms with van der Waals surface area (Å²) in [6.07, 6.45) is 2.86. The zero-order chi connectivity index (χ0) is 23.0. The Bertz CT molecular complexity index is 994. The summed E-state index contributed by atoms with van der Waals surface area (Å²) in [6, 6.07) is 5.19. The first kappa shape index (κ1) is 23.9. The maximum Gasteiger partial charge on any atom is 0.348 e. The fourth-order valence-corrected chi connectivity index (χ4v) is 3.82. The molecule has 0 saturated heterocycles. The molecule has 1 aromatic carbocycles. The quantitative estimate of drug-likeness (QED) is 0.457. The number of methoxy groups -OCH3 is 2. The Morgan fingerprint density at radius 3 is 2.32 bits per heavy atom. The summed E-state index contributed by atoms with van der Waals surface area (Å²) >= 11 is 0.966. The van der Waals surface area contributed by atoms with Crippen LogP contribution < -0.4 is 14.8 Å². The van der Waals surface area contributed by atoms with Crippen molar-refractivity contribution in [2.75, 3.05) is 32.8 Å². The molecular weight excluding hydrogens is 422 g/mol. The molecule has 2 aromatic rings. The van der Waals surface area contributed by atoms with E-state index in [2.05, 4.69) is 5.32 Å². The van der Waals surface area contributed by atoms with E-state index in [1.807, 2.05) is 0 Å². The normalized spacial score (nSPS) is 10.6. The second-order valence-corrected chi connectivity index (χ2v) is 7.15. The molecule has 0 saturated carbocycles. The van der Waals surface area contributed by atoms with Crippen LogP contribution >= 0.6 is 11.3 Å². The number of hydrogen-bond donors (Lipinski definition) is 1. The van der Waals surface area contributed by atoms with Crippen LogP contribution in [0.2, 0.25) is 0 Å². The van der Waals surface area contributed by atoms with Crippen molar-refractivity contribution in [1.29, 1.82) is 0 Å². The Hall–Kier alpha value is -3.33. The molecule has 2 rings (SSSR count). The van der Waals surface area contributed by atoms with Gasteiger partial charge in [0.15, 0.2) is 0 Å². The van der Waals surface area contributed by atoms with Crippen LogP contribution in [-0.2, 0) is 14.3 Å². The molecule has 0 radical (unpaired) electrons. The summed E-state index contributed by atoms with van der Waals surface area (Å²) in [5, 5.41) is 2.87. The number of rotatable bonds is 9. The van der Waals surface area contributed by atoms with Crippen LogP contribution in [0.4, 0.5) is 5.00 Å². The summed E-state index contributed by atoms with van der Waals surface area (Å²) in [7, 11) is 3.06. The molecule has 8 nitrogen and oxygen atoms in total. The van der Waals surface area contributed by atoms with Gasteiger partial charge in [0.05, 0.1) is 33.0 Å². The van der Waals surface area contributed by atoms with Gasteiger partial charge >= 0.3 is 11.9 Å². The first-order valence-electron chi connectivity index (χ1n) is 9.54. The monoisotopic (exact) mass is 447 g/mol. The van der Waals surface area contributed by atoms with Gasteiger partial charge in [-0.2, -0.15) is 0 Å². The number of carbonyl (C=O) groups excluding carboxylic acids is 3. The Kier molecular flexibility index (Phi) is 8.63. The number of nitrogens with one attached hydrogen (secondary N) is 1. The molecule has 1 amide bonds. The summed E-state index contributed by atoms with van der Waals surface area (Å²) in [4.78, 5) is 37.4. The molecule has 0 atom stereocenters. The van der Waals surface area contributed by atoms with Crippen LogP contribution in [0.1, 0.15) is 45.0 Å². The Morgan fingerprint density at radius 2 is 1.71 bits per heavy atom. The van der Waals surface area contributed by atoms with E-state index in [0.717, 1.165) is 11.3 Å². The molecule has 0 aliphatic heterocycles. The standard InChI is InChI=1S/C22H25NO7S/c1-6-29-21(25)18-13(3)19(22(26)30-7-2)31-20(18)23-17(24)11-8-14-12-15(27-4)9-10-16(14)28-5/h8-12H,6-7H2,1-5H3,(H,23,24). The molecule has 0 unspecified atom stereocenters. The summed E-state index contributed by atoms with van der Waals surface area (Å²) in [5.41, 5.74) is 1.17. The van der Waals surface area contributed by atoms with E-state index in [9.17, 15) is 14.4 Å². The SMILES string of the molecule is CCOC(=O)c1sc(NC(=O)C=Cc2cc(OC)ccc2OC)c(C(=O)OCC)c1C. The van der Waals surface area contributed by atoms with Crippen LogP contribution in [0, 0.1) is 6.92 Å². The highest BCUT2D eigenvalue weighted by atomic mass is 32.1. The highest BCUT2D eigenvalue weighted by molar-refractivity contribution is 7.18. The highest BCUT2D eigenvalue weighted by Gasteiger charge is 2.27. The van der Waals surface area contributed by atoms with Gasteiger partial charge in [0.25, 0.3) is 0 Å². The lowest BCUT2D eigenvalue weighted by Gasteiger charge is -2.07. The third-order valence-corrected chi connectivity index (χ3v) is 5.36. The average Bonchev–Trinajstić information content (AvgIpc) is 3.08. The summed E-state index contributed by atoms with van der Waals surface area (Å²) < 4.78 is 20.6. The number of thiophene rings is 1. The average molecular weight is 448 g/mol. The molecule has 166 valence electrons. The van der Waals surface area contributed by atoms with Crippen molar-refractivity contribution >= 4 is 40.3 Å². The van der Waals surface area contributed by atoms with Crippen LogP contribution in [0.5, 0.6) is 11.5 Å². The smallest absolute Gasteiger partial charge is 0.348 e. The minimum Gasteiger partial charge on any atom is -0.497 e. The molecule has 0 aliphatic carbocycles. The molecule has 1 aromatic heterocycles. The van der Waals surface area contributed by atoms with E-state index in [1.165, 1.54) is 13.2 Å². The second-order valence-electron chi connectivity index (χ2n) is 6.13. The molecular formula is C22H25NO7S. The summed E-state index contributed by atoms with van der Waals surface area (Å²) in [5.74, 6) is -0.507. The number of anilines is 1. The van der Waals surface area contributed by atoms with Gasteiger partial charge in [-0.25, -0.2) is 9.59 Å². The van der Waals surface area contributed by atoms with Gasteiger partial charge in [-0.3, -0.25) is 4.79 Å². The predicted octanol–water partition coefficient (Wildman–Crippen LogP) is 4.08. The van der Waals surface area contributed by atoms with Crippen LogP contribution in [-0.4, -0.2) is 45.3 Å². The largest absolute Gasteiger partial charge is 0.497 e. The molecule has 0 bridgehead atoms. The van der Waals surface area contributed by atoms with Crippen molar-refractivity contribution in [3.63, 3.8) is 0 Å². The predicted molar refractivity (Wildman–Crippen MR) is 118 cm³/mol. The van der Waals surface area contributed by atoms with E-state index in [1.54, 1.807) is 52.2 Å². The van der Waals surface area contributed by atoms with Gasteiger partial charge in [0, 0.05) is 11.6 Å². The third kappa shape index (κ3) is 5.85. The van der Waals surface area contributed by atoms with Gasteiger partial charge in [-0.15, -0.1) is 11.3 Å². The summed E-state index contributed by atoms with van der Waals surface area (Å²) in [6.45, 7) is 5.33. The fraction of sp³-hybridized carbons (Fsp3) is 0.318. The lowest BCUT2D eigenvalue weighted by molar-refractivity contribution is -0.111. The van der Waals surface area contributed by atoms with E-state index in [0.29, 0.717) is 22.6 Å². The van der Waals surface area contributed by atoms with E-state index in [4.69, 9.17) is 18.9 Å². The minimum absolute atomic E-state index is 0.135. The number of esters is 2. The third-order valence-electron chi connectivity index (χ3n) is 4.18. The molecule has 1 heterocycles. The lowest BCUT2D eigenvalue weighted by Crippen LogP contribution is -2.13. The molecule has 9 heteroatoms.